The molecule has 2 aliphatic heterocycles. The Morgan fingerprint density at radius 2 is 1.86 bits per heavy atom. The molecule has 0 aliphatic carbocycles. The van der Waals surface area contributed by atoms with E-state index in [-0.39, 0.29) is 35.4 Å². The summed E-state index contributed by atoms with van der Waals surface area (Å²) in [5, 5.41) is 5.16. The van der Waals surface area contributed by atoms with Crippen molar-refractivity contribution in [3.05, 3.63) is 69.0 Å². The van der Waals surface area contributed by atoms with E-state index in [0.29, 0.717) is 11.1 Å². The molecule has 1 saturated heterocycles. The number of carbonyl (C=O) groups is 1. The molecular formula is C22H16ClF7N2O2S. The third-order valence-corrected chi connectivity index (χ3v) is 7.31. The van der Waals surface area contributed by atoms with Gasteiger partial charge in [0.15, 0.2) is 0 Å². The number of halogens is 8. The van der Waals surface area contributed by atoms with E-state index in [4.69, 9.17) is 11.6 Å². The molecule has 35 heavy (non-hydrogen) atoms. The van der Waals surface area contributed by atoms with E-state index in [2.05, 4.69) is 15.3 Å². The lowest BCUT2D eigenvalue weighted by molar-refractivity contribution is -0.276. The van der Waals surface area contributed by atoms with Crippen LogP contribution in [0.1, 0.15) is 39.0 Å². The Labute approximate surface area is 203 Å². The van der Waals surface area contributed by atoms with Crippen LogP contribution >= 0.6 is 23.4 Å². The van der Waals surface area contributed by atoms with Gasteiger partial charge in [-0.15, -0.1) is 0 Å². The van der Waals surface area contributed by atoms with Crippen molar-refractivity contribution in [2.45, 2.75) is 37.3 Å². The molecule has 2 aliphatic rings. The number of oxime groups is 1. The number of rotatable bonds is 4. The van der Waals surface area contributed by atoms with Crippen molar-refractivity contribution >= 4 is 35.0 Å². The lowest BCUT2D eigenvalue weighted by Crippen LogP contribution is -2.44. The van der Waals surface area contributed by atoms with Crippen LogP contribution in [0.5, 0.6) is 0 Å². The zero-order valence-corrected chi connectivity index (χ0v) is 19.4. The number of aryl methyl sites for hydroxylation is 1. The minimum atomic E-state index is -5.34. The SMILES string of the molecule is Cc1cc(C2=NOC(c3cc(C(F)(F)F)cc(Cl)c3F)(C(F)(F)F)C2)ccc1C(=O)NC1CSC1. The average Bonchev–Trinajstić information content (AvgIpc) is 3.18. The molecule has 1 amide bonds. The van der Waals surface area contributed by atoms with Gasteiger partial charge in [-0.25, -0.2) is 4.39 Å². The Morgan fingerprint density at radius 1 is 1.17 bits per heavy atom. The van der Waals surface area contributed by atoms with E-state index < -0.39 is 46.3 Å². The van der Waals surface area contributed by atoms with Crippen molar-refractivity contribution in [3.63, 3.8) is 0 Å². The Hall–Kier alpha value is -2.47. The topological polar surface area (TPSA) is 50.7 Å². The zero-order chi connectivity index (χ0) is 25.8. The largest absolute Gasteiger partial charge is 0.435 e. The molecule has 1 unspecified atom stereocenters. The van der Waals surface area contributed by atoms with Crippen LogP contribution in [0, 0.1) is 12.7 Å². The van der Waals surface area contributed by atoms with Crippen LogP contribution in [-0.4, -0.2) is 35.3 Å². The Bertz CT molecular complexity index is 1210. The lowest BCUT2D eigenvalue weighted by atomic mass is 9.85. The second-order valence-corrected chi connectivity index (χ2v) is 9.67. The summed E-state index contributed by atoms with van der Waals surface area (Å²) >= 11 is 7.19. The maximum Gasteiger partial charge on any atom is 0.435 e. The predicted molar refractivity (Wildman–Crippen MR) is 116 cm³/mol. The number of hydrogen-bond acceptors (Lipinski definition) is 4. The molecule has 2 heterocycles. The first-order valence-electron chi connectivity index (χ1n) is 10.1. The van der Waals surface area contributed by atoms with Gasteiger partial charge in [0.25, 0.3) is 11.5 Å². The molecule has 0 radical (unpaired) electrons. The number of hydrogen-bond donors (Lipinski definition) is 1. The predicted octanol–water partition coefficient (Wildman–Crippen LogP) is 6.23. The highest BCUT2D eigenvalue weighted by Crippen LogP contribution is 2.51. The summed E-state index contributed by atoms with van der Waals surface area (Å²) in [4.78, 5) is 17.1. The first-order chi connectivity index (χ1) is 16.2. The van der Waals surface area contributed by atoms with E-state index >= 15 is 0 Å². The van der Waals surface area contributed by atoms with Crippen LogP contribution in [0.3, 0.4) is 0 Å². The van der Waals surface area contributed by atoms with Crippen molar-refractivity contribution in [1.82, 2.24) is 5.32 Å². The summed E-state index contributed by atoms with van der Waals surface area (Å²) in [7, 11) is 0. The molecule has 13 heteroatoms. The summed E-state index contributed by atoms with van der Waals surface area (Å²) in [5.74, 6) is -0.459. The van der Waals surface area contributed by atoms with Crippen molar-refractivity contribution in [1.29, 1.82) is 0 Å². The summed E-state index contributed by atoms with van der Waals surface area (Å²) in [6, 6.07) is 4.45. The zero-order valence-electron chi connectivity index (χ0n) is 17.8. The minimum absolute atomic E-state index is 0.0323. The maximum absolute atomic E-state index is 14.7. The van der Waals surface area contributed by atoms with Gasteiger partial charge in [0.1, 0.15) is 5.82 Å². The highest BCUT2D eigenvalue weighted by Gasteiger charge is 2.64. The van der Waals surface area contributed by atoms with Crippen LogP contribution in [0.4, 0.5) is 30.7 Å². The molecule has 0 spiro atoms. The first kappa shape index (κ1) is 25.6. The van der Waals surface area contributed by atoms with Gasteiger partial charge in [-0.05, 0) is 42.3 Å². The number of nitrogens with one attached hydrogen (secondary N) is 1. The number of nitrogens with zero attached hydrogens (tertiary/aromatic N) is 1. The van der Waals surface area contributed by atoms with E-state index in [1.165, 1.54) is 18.2 Å². The molecular weight excluding hydrogens is 525 g/mol. The van der Waals surface area contributed by atoms with E-state index in [0.717, 1.165) is 11.5 Å². The second kappa shape index (κ2) is 8.88. The normalized spacial score (nSPS) is 20.8. The van der Waals surface area contributed by atoms with Crippen LogP contribution in [-0.2, 0) is 16.6 Å². The minimum Gasteiger partial charge on any atom is -0.374 e. The molecule has 1 N–H and O–H groups in total. The maximum atomic E-state index is 14.7. The molecule has 4 rings (SSSR count). The standard InChI is InChI=1S/C22H16ClF7N2O2S/c1-10-4-11(2-3-14(10)19(33)31-13-8-35-9-13)17-7-20(34-32-17,22(28,29)30)15-5-12(21(25,26)27)6-16(23)18(15)24/h2-6,13H,7-9H2,1H3,(H,31,33). The van der Waals surface area contributed by atoms with Gasteiger partial charge in [0.05, 0.1) is 22.7 Å². The summed E-state index contributed by atoms with van der Waals surface area (Å²) in [6.45, 7) is 1.58. The van der Waals surface area contributed by atoms with Gasteiger partial charge in [-0.2, -0.15) is 38.1 Å². The first-order valence-corrected chi connectivity index (χ1v) is 11.6. The Morgan fingerprint density at radius 3 is 2.40 bits per heavy atom. The number of carbonyl (C=O) groups excluding carboxylic acids is 1. The summed E-state index contributed by atoms with van der Waals surface area (Å²) < 4.78 is 96.9. The highest BCUT2D eigenvalue weighted by atomic mass is 35.5. The van der Waals surface area contributed by atoms with Gasteiger partial charge in [-0.3, -0.25) is 4.79 Å². The molecule has 4 nitrogen and oxygen atoms in total. The van der Waals surface area contributed by atoms with Gasteiger partial charge >= 0.3 is 12.4 Å². The molecule has 188 valence electrons. The number of thioether (sulfide) groups is 1. The Balaban J connectivity index is 1.68. The number of alkyl halides is 6. The van der Waals surface area contributed by atoms with Crippen LogP contribution in [0.2, 0.25) is 5.02 Å². The van der Waals surface area contributed by atoms with E-state index in [1.54, 1.807) is 18.7 Å². The molecule has 0 bridgehead atoms. The summed E-state index contributed by atoms with van der Waals surface area (Å²) in [6.07, 6.45) is -11.5. The third kappa shape index (κ3) is 4.69. The molecule has 2 aromatic rings. The fraction of sp³-hybridized carbons (Fsp3) is 0.364. The quantitative estimate of drug-likeness (QED) is 0.468. The number of amides is 1. The van der Waals surface area contributed by atoms with Gasteiger partial charge in [0.2, 0.25) is 0 Å². The van der Waals surface area contributed by atoms with Crippen molar-refractivity contribution in [2.75, 3.05) is 11.5 Å². The second-order valence-electron chi connectivity index (χ2n) is 8.19. The van der Waals surface area contributed by atoms with Crippen LogP contribution in [0.25, 0.3) is 0 Å². The van der Waals surface area contributed by atoms with Crippen molar-refractivity contribution in [3.8, 4) is 0 Å². The lowest BCUT2D eigenvalue weighted by Gasteiger charge is -2.30. The van der Waals surface area contributed by atoms with Crippen molar-refractivity contribution in [2.24, 2.45) is 5.16 Å². The van der Waals surface area contributed by atoms with Gasteiger partial charge in [-0.1, -0.05) is 22.8 Å². The third-order valence-electron chi connectivity index (χ3n) is 5.75. The molecule has 0 saturated carbocycles. The monoisotopic (exact) mass is 540 g/mol. The Kier molecular flexibility index (Phi) is 6.50. The fourth-order valence-electron chi connectivity index (χ4n) is 3.76. The average molecular weight is 541 g/mol. The van der Waals surface area contributed by atoms with E-state index in [1.807, 2.05) is 0 Å². The van der Waals surface area contributed by atoms with Gasteiger partial charge in [0, 0.05) is 28.7 Å². The van der Waals surface area contributed by atoms with Gasteiger partial charge < -0.3 is 10.2 Å². The molecule has 2 aromatic carbocycles. The molecule has 0 aromatic heterocycles. The summed E-state index contributed by atoms with van der Waals surface area (Å²) in [5.41, 5.74) is -5.90. The smallest absolute Gasteiger partial charge is 0.374 e. The van der Waals surface area contributed by atoms with E-state index in [9.17, 15) is 35.5 Å². The van der Waals surface area contributed by atoms with Crippen LogP contribution in [0.15, 0.2) is 35.5 Å². The fourth-order valence-corrected chi connectivity index (χ4v) is 4.62. The van der Waals surface area contributed by atoms with Crippen molar-refractivity contribution < 1.29 is 40.4 Å². The number of benzene rings is 2. The molecule has 1 atom stereocenters. The van der Waals surface area contributed by atoms with Crippen LogP contribution < -0.4 is 5.32 Å². The molecule has 1 fully saturated rings. The highest BCUT2D eigenvalue weighted by molar-refractivity contribution is 8.00.